The minimum atomic E-state index is -0.205. The van der Waals surface area contributed by atoms with E-state index in [9.17, 15) is 4.79 Å². The Morgan fingerprint density at radius 1 is 1.29 bits per heavy atom. The number of nitrogens with zero attached hydrogens (tertiary/aromatic N) is 2. The first kappa shape index (κ1) is 19.9. The molecule has 0 saturated carbocycles. The van der Waals surface area contributed by atoms with Crippen LogP contribution < -0.4 is 10.1 Å². The summed E-state index contributed by atoms with van der Waals surface area (Å²) in [6.45, 7) is 2.32. The van der Waals surface area contributed by atoms with Gasteiger partial charge in [0.05, 0.1) is 22.5 Å². The summed E-state index contributed by atoms with van der Waals surface area (Å²) in [4.78, 5) is 18.0. The number of anilines is 1. The number of thioether (sulfide) groups is 1. The number of nitriles is 1. The lowest BCUT2D eigenvalue weighted by Gasteiger charge is -2.11. The van der Waals surface area contributed by atoms with Gasteiger partial charge in [0.2, 0.25) is 0 Å². The highest BCUT2D eigenvalue weighted by Crippen LogP contribution is 2.28. The van der Waals surface area contributed by atoms with Crippen LogP contribution in [-0.2, 0) is 6.61 Å². The zero-order valence-corrected chi connectivity index (χ0v) is 17.0. The third-order valence-electron chi connectivity index (χ3n) is 3.76. The predicted octanol–water partition coefficient (Wildman–Crippen LogP) is 5.29. The number of aromatic nitrogens is 1. The second kappa shape index (κ2) is 9.93. The molecule has 0 aliphatic rings. The van der Waals surface area contributed by atoms with Crippen LogP contribution in [0.2, 0.25) is 0 Å². The number of rotatable bonds is 8. The standard InChI is InChI=1S/C21H19N3O2S2/c1-15-23-17(14-28-15)13-26-18-7-4-6-16(12-18)21(25)24-19-8-2-3-9-20(19)27-11-5-10-22/h2-4,6-9,12,14H,5,11,13H2,1H3,(H,24,25). The molecule has 0 fully saturated rings. The molecule has 28 heavy (non-hydrogen) atoms. The van der Waals surface area contributed by atoms with E-state index in [4.69, 9.17) is 10.00 Å². The van der Waals surface area contributed by atoms with Gasteiger partial charge in [-0.25, -0.2) is 4.98 Å². The Morgan fingerprint density at radius 3 is 2.93 bits per heavy atom. The molecule has 1 amide bonds. The van der Waals surface area contributed by atoms with Crippen LogP contribution in [0, 0.1) is 18.3 Å². The molecular formula is C21H19N3O2S2. The first-order chi connectivity index (χ1) is 13.7. The van der Waals surface area contributed by atoms with Crippen molar-refractivity contribution in [2.24, 2.45) is 0 Å². The first-order valence-corrected chi connectivity index (χ1v) is 10.6. The molecule has 3 aromatic rings. The number of nitrogens with one attached hydrogen (secondary N) is 1. The van der Waals surface area contributed by atoms with Crippen molar-refractivity contribution in [3.05, 3.63) is 70.2 Å². The summed E-state index contributed by atoms with van der Waals surface area (Å²) in [5, 5.41) is 14.6. The van der Waals surface area contributed by atoms with Crippen molar-refractivity contribution in [3.63, 3.8) is 0 Å². The maximum atomic E-state index is 12.7. The molecule has 1 aromatic heterocycles. The minimum Gasteiger partial charge on any atom is -0.487 e. The molecule has 1 N–H and O–H groups in total. The van der Waals surface area contributed by atoms with Crippen LogP contribution in [0.25, 0.3) is 0 Å². The van der Waals surface area contributed by atoms with Crippen molar-refractivity contribution in [3.8, 4) is 11.8 Å². The normalized spacial score (nSPS) is 10.3. The molecule has 0 spiro atoms. The zero-order chi connectivity index (χ0) is 19.8. The Hall–Kier alpha value is -2.82. The topological polar surface area (TPSA) is 75.0 Å². The molecule has 142 valence electrons. The number of hydrogen-bond acceptors (Lipinski definition) is 6. The Balaban J connectivity index is 1.65. The Labute approximate surface area is 172 Å². The van der Waals surface area contributed by atoms with E-state index in [0.717, 1.165) is 21.3 Å². The number of amides is 1. The van der Waals surface area contributed by atoms with Gasteiger partial charge in [-0.1, -0.05) is 18.2 Å². The smallest absolute Gasteiger partial charge is 0.255 e. The molecule has 0 aliphatic heterocycles. The number of hydrogen-bond donors (Lipinski definition) is 1. The third-order valence-corrected chi connectivity index (χ3v) is 5.65. The van der Waals surface area contributed by atoms with Crippen molar-refractivity contribution in [1.29, 1.82) is 5.26 Å². The van der Waals surface area contributed by atoms with E-state index in [1.54, 1.807) is 41.3 Å². The summed E-state index contributed by atoms with van der Waals surface area (Å²) in [5.74, 6) is 1.10. The van der Waals surface area contributed by atoms with Crippen molar-refractivity contribution >= 4 is 34.7 Å². The average molecular weight is 410 g/mol. The number of ether oxygens (including phenoxy) is 1. The highest BCUT2D eigenvalue weighted by atomic mass is 32.2. The van der Waals surface area contributed by atoms with Crippen LogP contribution in [0.3, 0.4) is 0 Å². The van der Waals surface area contributed by atoms with Crippen LogP contribution in [0.5, 0.6) is 5.75 Å². The lowest BCUT2D eigenvalue weighted by molar-refractivity contribution is 0.102. The van der Waals surface area contributed by atoms with Crippen LogP contribution in [-0.4, -0.2) is 16.6 Å². The van der Waals surface area contributed by atoms with E-state index in [-0.39, 0.29) is 5.91 Å². The van der Waals surface area contributed by atoms with Crippen LogP contribution in [0.15, 0.2) is 58.8 Å². The number of aryl methyl sites for hydroxylation is 1. The van der Waals surface area contributed by atoms with Gasteiger partial charge in [-0.15, -0.1) is 23.1 Å². The summed E-state index contributed by atoms with van der Waals surface area (Å²) in [7, 11) is 0. The summed E-state index contributed by atoms with van der Waals surface area (Å²) in [6, 6.07) is 16.8. The van der Waals surface area contributed by atoms with Gasteiger partial charge < -0.3 is 10.1 Å². The second-order valence-corrected chi connectivity index (χ2v) is 8.08. The van der Waals surface area contributed by atoms with Crippen LogP contribution in [0.1, 0.15) is 27.5 Å². The molecule has 0 radical (unpaired) electrons. The Bertz CT molecular complexity index is 995. The zero-order valence-electron chi connectivity index (χ0n) is 15.3. The van der Waals surface area contributed by atoms with E-state index in [1.807, 2.05) is 42.6 Å². The molecule has 7 heteroatoms. The summed E-state index contributed by atoms with van der Waals surface area (Å²) in [6.07, 6.45) is 0.463. The largest absolute Gasteiger partial charge is 0.487 e. The highest BCUT2D eigenvalue weighted by molar-refractivity contribution is 7.99. The number of carbonyl (C=O) groups is 1. The Kier molecular flexibility index (Phi) is 7.06. The first-order valence-electron chi connectivity index (χ1n) is 8.69. The minimum absolute atomic E-state index is 0.205. The number of carbonyl (C=O) groups excluding carboxylic acids is 1. The summed E-state index contributed by atoms with van der Waals surface area (Å²) in [5.41, 5.74) is 2.13. The van der Waals surface area contributed by atoms with Crippen molar-refractivity contribution < 1.29 is 9.53 Å². The van der Waals surface area contributed by atoms with Crippen LogP contribution >= 0.6 is 23.1 Å². The van der Waals surface area contributed by atoms with Gasteiger partial charge in [-0.2, -0.15) is 5.26 Å². The predicted molar refractivity (Wildman–Crippen MR) is 113 cm³/mol. The maximum absolute atomic E-state index is 12.7. The number of benzene rings is 2. The van der Waals surface area contributed by atoms with Gasteiger partial charge in [0, 0.05) is 28.0 Å². The monoisotopic (exact) mass is 409 g/mol. The Morgan fingerprint density at radius 2 is 2.14 bits per heavy atom. The lowest BCUT2D eigenvalue weighted by Crippen LogP contribution is -2.12. The van der Waals surface area contributed by atoms with Crippen molar-refractivity contribution in [2.75, 3.05) is 11.1 Å². The number of thiazole rings is 1. The quantitative estimate of drug-likeness (QED) is 0.404. The molecule has 5 nitrogen and oxygen atoms in total. The molecule has 0 aliphatic carbocycles. The van der Waals surface area contributed by atoms with E-state index in [2.05, 4.69) is 16.4 Å². The number of para-hydroxylation sites is 1. The van der Waals surface area contributed by atoms with E-state index >= 15 is 0 Å². The van der Waals surface area contributed by atoms with E-state index < -0.39 is 0 Å². The van der Waals surface area contributed by atoms with Gasteiger partial charge in [0.25, 0.3) is 5.91 Å². The van der Waals surface area contributed by atoms with Crippen LogP contribution in [0.4, 0.5) is 5.69 Å². The van der Waals surface area contributed by atoms with Gasteiger partial charge in [-0.05, 0) is 37.3 Å². The van der Waals surface area contributed by atoms with Crippen molar-refractivity contribution in [1.82, 2.24) is 4.98 Å². The maximum Gasteiger partial charge on any atom is 0.255 e. The molecule has 0 unspecified atom stereocenters. The van der Waals surface area contributed by atoms with E-state index in [1.165, 1.54) is 0 Å². The lowest BCUT2D eigenvalue weighted by atomic mass is 10.2. The molecule has 0 bridgehead atoms. The summed E-state index contributed by atoms with van der Waals surface area (Å²) < 4.78 is 5.77. The van der Waals surface area contributed by atoms with Gasteiger partial charge in [0.1, 0.15) is 12.4 Å². The summed E-state index contributed by atoms with van der Waals surface area (Å²) >= 11 is 3.13. The SMILES string of the molecule is Cc1nc(COc2cccc(C(=O)Nc3ccccc3SCCC#N)c2)cs1. The average Bonchev–Trinajstić information content (AvgIpc) is 3.13. The van der Waals surface area contributed by atoms with Gasteiger partial charge >= 0.3 is 0 Å². The van der Waals surface area contributed by atoms with E-state index in [0.29, 0.717) is 30.1 Å². The molecule has 3 rings (SSSR count). The highest BCUT2D eigenvalue weighted by Gasteiger charge is 2.11. The molecular weight excluding hydrogens is 390 g/mol. The van der Waals surface area contributed by atoms with Gasteiger partial charge in [-0.3, -0.25) is 4.79 Å². The van der Waals surface area contributed by atoms with Crippen molar-refractivity contribution in [2.45, 2.75) is 24.8 Å². The molecule has 0 atom stereocenters. The van der Waals surface area contributed by atoms with Gasteiger partial charge in [0.15, 0.2) is 0 Å². The fourth-order valence-corrected chi connectivity index (χ4v) is 3.92. The molecule has 2 aromatic carbocycles. The third kappa shape index (κ3) is 5.59. The fraction of sp³-hybridized carbons (Fsp3) is 0.190. The second-order valence-electron chi connectivity index (χ2n) is 5.88. The molecule has 0 saturated heterocycles. The molecule has 1 heterocycles. The fourth-order valence-electron chi connectivity index (χ4n) is 2.46.